The third-order valence-corrected chi connectivity index (χ3v) is 8.54. The van der Waals surface area contributed by atoms with Crippen LogP contribution in [0.15, 0.2) is 0 Å². The van der Waals surface area contributed by atoms with Gasteiger partial charge in [0.05, 0.1) is 0 Å². The van der Waals surface area contributed by atoms with Crippen LogP contribution in [-0.4, -0.2) is 45.0 Å². The molecule has 0 bridgehead atoms. The maximum Gasteiger partial charge on any atom is 0.226 e. The van der Waals surface area contributed by atoms with E-state index in [1.807, 2.05) is 0 Å². The summed E-state index contributed by atoms with van der Waals surface area (Å²) >= 11 is 67.8. The average molecular weight is 678 g/mol. The molecule has 0 amide bonds. The topological polar surface area (TPSA) is 0 Å². The summed E-state index contributed by atoms with van der Waals surface area (Å²) in [6.45, 7) is 0. The van der Waals surface area contributed by atoms with E-state index >= 15 is 0 Å². The first-order valence-corrected chi connectivity index (χ1v) is 7.80. The third kappa shape index (κ3) is 6.55. The quantitative estimate of drug-likeness (QED) is 0.301. The van der Waals surface area contributed by atoms with E-state index in [0.29, 0.717) is 0 Å². The molecule has 0 saturated heterocycles. The van der Waals surface area contributed by atoms with E-state index in [-0.39, 0.29) is 49.2 Å². The van der Waals surface area contributed by atoms with Crippen molar-refractivity contribution >= 4 is 164 Å². The van der Waals surface area contributed by atoms with Gasteiger partial charge < -0.3 is 24.8 Å². The van der Waals surface area contributed by atoms with Gasteiger partial charge in [-0.3, -0.25) is 0 Å². The zero-order valence-electron chi connectivity index (χ0n) is 8.24. The normalized spacial score (nSPS) is 13.8. The molecule has 0 N–H and O–H groups in total. The van der Waals surface area contributed by atoms with E-state index in [1.165, 1.54) is 0 Å². The summed E-state index contributed by atoms with van der Waals surface area (Å²) in [7, 11) is 0. The molecule has 125 valence electrons. The Kier molecular flexibility index (Phi) is 16.7. The molecular weight excluding hydrogens is 678 g/mol. The van der Waals surface area contributed by atoms with Gasteiger partial charge in [-0.2, -0.15) is 0 Å². The molecule has 0 fully saturated rings. The largest absolute Gasteiger partial charge is 1.00 e. The Morgan fingerprint density at radius 3 is 0.600 bits per heavy atom. The van der Waals surface area contributed by atoms with Gasteiger partial charge in [0, 0.05) is 24.4 Å². The Balaban J connectivity index is -0.000000427. The smallest absolute Gasteiger partial charge is 0.226 e. The third-order valence-electron chi connectivity index (χ3n) is 1.50. The van der Waals surface area contributed by atoms with Crippen molar-refractivity contribution in [2.75, 3.05) is 0 Å². The fourth-order valence-corrected chi connectivity index (χ4v) is 3.31. The molecule has 20 heavy (non-hydrogen) atoms. The van der Waals surface area contributed by atoms with Gasteiger partial charge in [-0.05, 0) is 0 Å². The monoisotopic (exact) mass is 670 g/mol. The van der Waals surface area contributed by atoms with Gasteiger partial charge in [0.2, 0.25) is 16.3 Å². The number of hydrogen-bond acceptors (Lipinski definition) is 0. The standard InChI is InChI=1S/C5Cl12.2ClH.Sb/c6-1(7,2(8,9)4(12,13)14)3(10,11)5(15,16)17;;;/h;2*1H;/p-2. The van der Waals surface area contributed by atoms with Gasteiger partial charge >= 0.3 is 0 Å². The fourth-order valence-electron chi connectivity index (χ4n) is 0.553. The zero-order valence-corrected chi connectivity index (χ0v) is 21.4. The Labute approximate surface area is 206 Å². The van der Waals surface area contributed by atoms with E-state index in [9.17, 15) is 0 Å². The van der Waals surface area contributed by atoms with Gasteiger partial charge in [0.1, 0.15) is 0 Å². The van der Waals surface area contributed by atoms with Crippen molar-refractivity contribution < 1.29 is 24.8 Å². The first-order valence-electron chi connectivity index (χ1n) is 3.27. The molecule has 15 heteroatoms. The minimum Gasteiger partial charge on any atom is -1.00 e. The van der Waals surface area contributed by atoms with Crippen LogP contribution >= 0.6 is 139 Å². The van der Waals surface area contributed by atoms with Crippen LogP contribution in [0.25, 0.3) is 0 Å². The van der Waals surface area contributed by atoms with Crippen molar-refractivity contribution in [2.45, 2.75) is 20.6 Å². The molecule has 0 atom stereocenters. The van der Waals surface area contributed by atoms with Crippen molar-refractivity contribution in [2.24, 2.45) is 0 Å². The van der Waals surface area contributed by atoms with Crippen LogP contribution in [-0.2, 0) is 0 Å². The second kappa shape index (κ2) is 10.3. The number of halogens is 14. The van der Waals surface area contributed by atoms with E-state index in [1.54, 1.807) is 0 Å². The predicted octanol–water partition coefficient (Wildman–Crippen LogP) is 0.876. The second-order valence-electron chi connectivity index (χ2n) is 2.72. The molecule has 0 aromatic carbocycles. The molecule has 0 heterocycles. The van der Waals surface area contributed by atoms with Gasteiger partial charge in [-0.1, -0.05) is 139 Å². The summed E-state index contributed by atoms with van der Waals surface area (Å²) in [6, 6.07) is 0. The Morgan fingerprint density at radius 1 is 0.350 bits per heavy atom. The average Bonchev–Trinajstić information content (AvgIpc) is 1.98. The summed E-state index contributed by atoms with van der Waals surface area (Å²) in [5, 5.41) is 0. The van der Waals surface area contributed by atoms with Crippen LogP contribution in [0.1, 0.15) is 0 Å². The molecule has 0 aliphatic rings. The molecular formula is C5Cl14Sb-2. The van der Waals surface area contributed by atoms with Crippen molar-refractivity contribution in [1.29, 1.82) is 0 Å². The van der Waals surface area contributed by atoms with Gasteiger partial charge in [0.25, 0.3) is 0 Å². The molecule has 0 aromatic heterocycles. The minimum absolute atomic E-state index is 0. The predicted molar refractivity (Wildman–Crippen MR) is 89.6 cm³/mol. The van der Waals surface area contributed by atoms with Crippen molar-refractivity contribution in [3.05, 3.63) is 0 Å². The van der Waals surface area contributed by atoms with Crippen LogP contribution in [0.5, 0.6) is 0 Å². The van der Waals surface area contributed by atoms with Gasteiger partial charge in [0.15, 0.2) is 4.33 Å². The summed E-state index contributed by atoms with van der Waals surface area (Å²) in [4.78, 5) is 0. The minimum atomic E-state index is -2.53. The second-order valence-corrected chi connectivity index (χ2v) is 11.3. The fraction of sp³-hybridized carbons (Fsp3) is 1.00. The molecule has 0 unspecified atom stereocenters. The maximum atomic E-state index is 5.82. The Bertz CT molecular complexity index is 257. The van der Waals surface area contributed by atoms with Crippen LogP contribution in [0.4, 0.5) is 0 Å². The molecule has 0 aliphatic heterocycles. The molecule has 0 rings (SSSR count). The SMILES string of the molecule is ClC(Cl)(Cl)C(Cl)(Cl)C(Cl)(Cl)C(Cl)(Cl)C(Cl)(Cl)Cl.[Cl-].[Cl-].[Sb]. The molecule has 0 spiro atoms. The summed E-state index contributed by atoms with van der Waals surface area (Å²) in [5.74, 6) is 0. The molecule has 0 aromatic rings. The van der Waals surface area contributed by atoms with Gasteiger partial charge in [-0.25, -0.2) is 0 Å². The van der Waals surface area contributed by atoms with Crippen LogP contribution in [0, 0.1) is 0 Å². The molecule has 0 nitrogen and oxygen atoms in total. The molecule has 0 saturated carbocycles. The summed E-state index contributed by atoms with van der Waals surface area (Å²) < 4.78 is -12.2. The van der Waals surface area contributed by atoms with Crippen LogP contribution in [0.3, 0.4) is 0 Å². The Hall–Kier alpha value is 4.88. The van der Waals surface area contributed by atoms with Crippen molar-refractivity contribution in [3.8, 4) is 0 Å². The van der Waals surface area contributed by atoms with E-state index in [0.717, 1.165) is 0 Å². The van der Waals surface area contributed by atoms with E-state index in [4.69, 9.17) is 139 Å². The van der Waals surface area contributed by atoms with Crippen LogP contribution in [0.2, 0.25) is 0 Å². The van der Waals surface area contributed by atoms with Gasteiger partial charge in [-0.15, -0.1) is 0 Å². The summed E-state index contributed by atoms with van der Waals surface area (Å²) in [6.07, 6.45) is 0. The number of rotatable bonds is 2. The zero-order chi connectivity index (χ0) is 14.5. The number of hydrogen-bond donors (Lipinski definition) is 0. The Morgan fingerprint density at radius 2 is 0.500 bits per heavy atom. The maximum absolute atomic E-state index is 5.82. The molecule has 3 radical (unpaired) electrons. The number of alkyl halides is 12. The van der Waals surface area contributed by atoms with Crippen molar-refractivity contribution in [3.63, 3.8) is 0 Å². The van der Waals surface area contributed by atoms with E-state index < -0.39 is 20.6 Å². The van der Waals surface area contributed by atoms with Crippen molar-refractivity contribution in [1.82, 2.24) is 0 Å². The first-order chi connectivity index (χ1) is 7.00. The summed E-state index contributed by atoms with van der Waals surface area (Å²) in [5.41, 5.74) is 0. The van der Waals surface area contributed by atoms with Crippen LogP contribution < -0.4 is 24.8 Å². The molecule has 0 aliphatic carbocycles. The first kappa shape index (κ1) is 32.5. The van der Waals surface area contributed by atoms with E-state index in [2.05, 4.69) is 0 Å².